The molecule has 4 heteroatoms. The second-order valence-electron chi connectivity index (χ2n) is 2.87. The van der Waals surface area contributed by atoms with Gasteiger partial charge in [-0.2, -0.15) is 0 Å². The minimum absolute atomic E-state index is 0.102. The van der Waals surface area contributed by atoms with E-state index < -0.39 is 5.97 Å². The average Bonchev–Trinajstić information content (AvgIpc) is 2.12. The molecule has 0 spiro atoms. The average molecular weight is 185 g/mol. The molecule has 0 unspecified atom stereocenters. The fraction of sp³-hybridized carbons (Fsp3) is 0.556. The largest absolute Gasteiger partial charge is 0.478 e. The zero-order valence-corrected chi connectivity index (χ0v) is 8.42. The van der Waals surface area contributed by atoms with Crippen molar-refractivity contribution in [3.8, 4) is 0 Å². The van der Waals surface area contributed by atoms with Crippen molar-refractivity contribution >= 4 is 11.9 Å². The molecule has 0 aromatic rings. The number of hydrogen-bond acceptors (Lipinski definition) is 2. The van der Waals surface area contributed by atoms with Gasteiger partial charge in [0.05, 0.1) is 0 Å². The van der Waals surface area contributed by atoms with Gasteiger partial charge in [-0.05, 0) is 20.8 Å². The van der Waals surface area contributed by atoms with Crippen molar-refractivity contribution in [3.63, 3.8) is 0 Å². The highest BCUT2D eigenvalue weighted by atomic mass is 16.4. The first kappa shape index (κ1) is 11.7. The van der Waals surface area contributed by atoms with E-state index in [1.165, 1.54) is 18.7 Å². The summed E-state index contributed by atoms with van der Waals surface area (Å²) in [7, 11) is 1.64. The van der Waals surface area contributed by atoms with Crippen LogP contribution in [0.3, 0.4) is 0 Å². The van der Waals surface area contributed by atoms with Crippen molar-refractivity contribution < 1.29 is 14.7 Å². The SMILES string of the molecule is CCN(C)C(=O)C(C)=C(C)C(=O)O. The summed E-state index contributed by atoms with van der Waals surface area (Å²) < 4.78 is 0. The van der Waals surface area contributed by atoms with E-state index in [2.05, 4.69) is 0 Å². The van der Waals surface area contributed by atoms with Crippen LogP contribution < -0.4 is 0 Å². The fourth-order valence-electron chi connectivity index (χ4n) is 0.751. The van der Waals surface area contributed by atoms with Crippen molar-refractivity contribution in [3.05, 3.63) is 11.1 Å². The van der Waals surface area contributed by atoms with Crippen molar-refractivity contribution in [1.82, 2.24) is 4.90 Å². The van der Waals surface area contributed by atoms with E-state index in [0.717, 1.165) is 0 Å². The number of carboxylic acids is 1. The topological polar surface area (TPSA) is 57.6 Å². The molecule has 0 bridgehead atoms. The first-order valence-electron chi connectivity index (χ1n) is 4.08. The summed E-state index contributed by atoms with van der Waals surface area (Å²) in [6.45, 7) is 5.36. The van der Waals surface area contributed by atoms with Crippen molar-refractivity contribution in [2.45, 2.75) is 20.8 Å². The molecule has 0 fully saturated rings. The number of aliphatic carboxylic acids is 1. The number of carbonyl (C=O) groups excluding carboxylic acids is 1. The maximum absolute atomic E-state index is 11.4. The first-order chi connectivity index (χ1) is 5.91. The lowest BCUT2D eigenvalue weighted by molar-refractivity contribution is -0.133. The monoisotopic (exact) mass is 185 g/mol. The fourth-order valence-corrected chi connectivity index (χ4v) is 0.751. The molecule has 0 aliphatic rings. The Morgan fingerprint density at radius 3 is 2.00 bits per heavy atom. The molecule has 74 valence electrons. The highest BCUT2D eigenvalue weighted by molar-refractivity contribution is 6.01. The molecular formula is C9H15NO3. The predicted molar refractivity (Wildman–Crippen MR) is 49.3 cm³/mol. The molecule has 0 aliphatic carbocycles. The zero-order valence-electron chi connectivity index (χ0n) is 8.42. The number of nitrogens with zero attached hydrogens (tertiary/aromatic N) is 1. The molecule has 0 saturated carbocycles. The summed E-state index contributed by atoms with van der Waals surface area (Å²) in [4.78, 5) is 23.4. The Labute approximate surface area is 77.8 Å². The molecule has 0 saturated heterocycles. The van der Waals surface area contributed by atoms with Crippen LogP contribution in [0.5, 0.6) is 0 Å². The zero-order chi connectivity index (χ0) is 10.6. The Kier molecular flexibility index (Phi) is 4.17. The van der Waals surface area contributed by atoms with E-state index in [0.29, 0.717) is 6.54 Å². The van der Waals surface area contributed by atoms with Crippen molar-refractivity contribution in [2.24, 2.45) is 0 Å². The molecule has 0 aromatic carbocycles. The molecule has 1 N–H and O–H groups in total. The van der Waals surface area contributed by atoms with Gasteiger partial charge in [-0.1, -0.05) is 0 Å². The van der Waals surface area contributed by atoms with Gasteiger partial charge in [-0.3, -0.25) is 4.79 Å². The van der Waals surface area contributed by atoms with Crippen LogP contribution in [0.4, 0.5) is 0 Å². The highest BCUT2D eigenvalue weighted by Crippen LogP contribution is 2.06. The van der Waals surface area contributed by atoms with Gasteiger partial charge in [-0.25, -0.2) is 4.79 Å². The Morgan fingerprint density at radius 1 is 1.23 bits per heavy atom. The molecule has 4 nitrogen and oxygen atoms in total. The molecule has 0 aliphatic heterocycles. The van der Waals surface area contributed by atoms with Gasteiger partial charge in [0.2, 0.25) is 5.91 Å². The van der Waals surface area contributed by atoms with Crippen molar-refractivity contribution in [1.29, 1.82) is 0 Å². The van der Waals surface area contributed by atoms with E-state index in [1.807, 2.05) is 6.92 Å². The molecule has 0 atom stereocenters. The Hall–Kier alpha value is -1.32. The maximum Gasteiger partial charge on any atom is 0.331 e. The summed E-state index contributed by atoms with van der Waals surface area (Å²) in [5, 5.41) is 8.63. The minimum Gasteiger partial charge on any atom is -0.478 e. The predicted octanol–water partition coefficient (Wildman–Crippen LogP) is 0.886. The van der Waals surface area contributed by atoms with Crippen LogP contribution >= 0.6 is 0 Å². The van der Waals surface area contributed by atoms with Gasteiger partial charge in [0, 0.05) is 24.7 Å². The maximum atomic E-state index is 11.4. The second-order valence-corrected chi connectivity index (χ2v) is 2.87. The third-order valence-electron chi connectivity index (χ3n) is 2.03. The van der Waals surface area contributed by atoms with Crippen LogP contribution in [-0.2, 0) is 9.59 Å². The van der Waals surface area contributed by atoms with Gasteiger partial charge in [0.15, 0.2) is 0 Å². The van der Waals surface area contributed by atoms with Gasteiger partial charge >= 0.3 is 5.97 Å². The smallest absolute Gasteiger partial charge is 0.331 e. The van der Waals surface area contributed by atoms with Crippen LogP contribution in [0.25, 0.3) is 0 Å². The third kappa shape index (κ3) is 2.89. The van der Waals surface area contributed by atoms with Gasteiger partial charge in [0.1, 0.15) is 0 Å². The van der Waals surface area contributed by atoms with E-state index in [1.54, 1.807) is 7.05 Å². The van der Waals surface area contributed by atoms with Crippen LogP contribution in [0.15, 0.2) is 11.1 Å². The van der Waals surface area contributed by atoms with Gasteiger partial charge in [0.25, 0.3) is 0 Å². The Bertz CT molecular complexity index is 256. The lowest BCUT2D eigenvalue weighted by Gasteiger charge is -2.15. The van der Waals surface area contributed by atoms with E-state index in [4.69, 9.17) is 5.11 Å². The highest BCUT2D eigenvalue weighted by Gasteiger charge is 2.14. The number of hydrogen-bond donors (Lipinski definition) is 1. The van der Waals surface area contributed by atoms with Crippen LogP contribution in [-0.4, -0.2) is 35.5 Å². The standard InChI is InChI=1S/C9H15NO3/c1-5-10(4)8(11)6(2)7(3)9(12)13/h5H2,1-4H3,(H,12,13). The molecule has 1 amide bonds. The molecule has 13 heavy (non-hydrogen) atoms. The number of likely N-dealkylation sites (N-methyl/N-ethyl adjacent to an activating group) is 1. The molecular weight excluding hydrogens is 170 g/mol. The van der Waals surface area contributed by atoms with Crippen molar-refractivity contribution in [2.75, 3.05) is 13.6 Å². The quantitative estimate of drug-likeness (QED) is 0.664. The molecule has 0 aromatic heterocycles. The van der Waals surface area contributed by atoms with E-state index in [-0.39, 0.29) is 17.1 Å². The summed E-state index contributed by atoms with van der Waals surface area (Å²) in [5.41, 5.74) is 0.391. The summed E-state index contributed by atoms with van der Waals surface area (Å²) in [6, 6.07) is 0. The molecule has 0 heterocycles. The molecule has 0 radical (unpaired) electrons. The van der Waals surface area contributed by atoms with Gasteiger partial charge in [-0.15, -0.1) is 0 Å². The third-order valence-corrected chi connectivity index (χ3v) is 2.03. The van der Waals surface area contributed by atoms with Gasteiger partial charge < -0.3 is 10.0 Å². The molecule has 0 rings (SSSR count). The van der Waals surface area contributed by atoms with E-state index >= 15 is 0 Å². The Balaban J connectivity index is 4.78. The van der Waals surface area contributed by atoms with E-state index in [9.17, 15) is 9.59 Å². The first-order valence-corrected chi connectivity index (χ1v) is 4.08. The summed E-state index contributed by atoms with van der Waals surface area (Å²) in [5.74, 6) is -1.28. The van der Waals surface area contributed by atoms with Crippen LogP contribution in [0, 0.1) is 0 Å². The summed E-state index contributed by atoms with van der Waals surface area (Å²) in [6.07, 6.45) is 0. The number of carboxylic acid groups (broad SMARTS) is 1. The second kappa shape index (κ2) is 4.64. The minimum atomic E-state index is -1.05. The Morgan fingerprint density at radius 2 is 1.69 bits per heavy atom. The lowest BCUT2D eigenvalue weighted by Crippen LogP contribution is -2.28. The number of rotatable bonds is 3. The van der Waals surface area contributed by atoms with Crippen LogP contribution in [0.2, 0.25) is 0 Å². The lowest BCUT2D eigenvalue weighted by atomic mass is 10.1. The number of carbonyl (C=O) groups is 2. The normalized spacial score (nSPS) is 12.0. The summed E-state index contributed by atoms with van der Waals surface area (Å²) >= 11 is 0. The van der Waals surface area contributed by atoms with Crippen LogP contribution in [0.1, 0.15) is 20.8 Å². The number of amides is 1.